The van der Waals surface area contributed by atoms with Gasteiger partial charge in [0.1, 0.15) is 5.82 Å². The molecule has 0 saturated carbocycles. The van der Waals surface area contributed by atoms with Crippen molar-refractivity contribution in [1.82, 2.24) is 4.98 Å². The van der Waals surface area contributed by atoms with E-state index < -0.39 is 6.03 Å². The number of halogens is 1. The summed E-state index contributed by atoms with van der Waals surface area (Å²) in [7, 11) is 0. The number of aryl methyl sites for hydroxylation is 2. The van der Waals surface area contributed by atoms with Gasteiger partial charge in [-0.25, -0.2) is 14.7 Å². The summed E-state index contributed by atoms with van der Waals surface area (Å²) in [6.45, 7) is 7.76. The fraction of sp³-hybridized carbons (Fsp3) is 0.0909. The second kappa shape index (κ2) is 7.64. The van der Waals surface area contributed by atoms with Crippen molar-refractivity contribution in [2.45, 2.75) is 13.8 Å². The molecule has 2 N–H and O–H groups in total. The van der Waals surface area contributed by atoms with Gasteiger partial charge in [-0.1, -0.05) is 60.7 Å². The number of carbonyl (C=O) groups excluding carboxylic acids is 1. The van der Waals surface area contributed by atoms with E-state index in [4.69, 9.17) is 22.3 Å². The average Bonchev–Trinajstić information content (AvgIpc) is 2.64. The van der Waals surface area contributed by atoms with Crippen molar-refractivity contribution >= 4 is 35.2 Å². The van der Waals surface area contributed by atoms with Crippen molar-refractivity contribution in [2.75, 3.05) is 4.90 Å². The Balaban J connectivity index is 2.24. The number of anilines is 2. The van der Waals surface area contributed by atoms with Crippen molar-refractivity contribution in [3.8, 4) is 11.3 Å². The Morgan fingerprint density at radius 2 is 1.78 bits per heavy atom. The van der Waals surface area contributed by atoms with E-state index in [-0.39, 0.29) is 0 Å². The van der Waals surface area contributed by atoms with Crippen molar-refractivity contribution in [2.24, 2.45) is 5.73 Å². The van der Waals surface area contributed by atoms with Crippen LogP contribution in [0.15, 0.2) is 61.2 Å². The first-order valence-corrected chi connectivity index (χ1v) is 8.86. The largest absolute Gasteiger partial charge is 0.351 e. The van der Waals surface area contributed by atoms with E-state index in [9.17, 15) is 4.79 Å². The van der Waals surface area contributed by atoms with Crippen LogP contribution in [0.4, 0.5) is 16.3 Å². The lowest BCUT2D eigenvalue weighted by Crippen LogP contribution is -2.33. The summed E-state index contributed by atoms with van der Waals surface area (Å²) >= 11 is 6.37. The number of carbonyl (C=O) groups is 1. The molecule has 0 aliphatic carbocycles. The molecule has 0 fully saturated rings. The van der Waals surface area contributed by atoms with Gasteiger partial charge in [0.25, 0.3) is 0 Å². The van der Waals surface area contributed by atoms with Crippen LogP contribution in [-0.2, 0) is 0 Å². The van der Waals surface area contributed by atoms with Crippen LogP contribution in [0.1, 0.15) is 16.7 Å². The number of primary amides is 1. The first-order chi connectivity index (χ1) is 12.9. The second-order valence-electron chi connectivity index (χ2n) is 6.21. The Hall–Kier alpha value is -3.11. The summed E-state index contributed by atoms with van der Waals surface area (Å²) in [6, 6.07) is 16.3. The summed E-state index contributed by atoms with van der Waals surface area (Å²) < 4.78 is 0. The third-order valence-electron chi connectivity index (χ3n) is 4.39. The van der Waals surface area contributed by atoms with Gasteiger partial charge in [0, 0.05) is 11.1 Å². The third kappa shape index (κ3) is 3.57. The Morgan fingerprint density at radius 3 is 2.41 bits per heavy atom. The summed E-state index contributed by atoms with van der Waals surface area (Å²) in [5.41, 5.74) is 10.7. The minimum absolute atomic E-state index is 0.405. The van der Waals surface area contributed by atoms with Crippen LogP contribution < -0.4 is 10.6 Å². The van der Waals surface area contributed by atoms with E-state index >= 15 is 0 Å². The van der Waals surface area contributed by atoms with E-state index in [1.165, 1.54) is 4.90 Å². The quantitative estimate of drug-likeness (QED) is 0.617. The van der Waals surface area contributed by atoms with Crippen molar-refractivity contribution < 1.29 is 4.79 Å². The molecule has 0 aliphatic heterocycles. The van der Waals surface area contributed by atoms with Crippen LogP contribution in [0.2, 0.25) is 5.02 Å². The van der Waals surface area contributed by atoms with Crippen LogP contribution in [0.3, 0.4) is 0 Å². The van der Waals surface area contributed by atoms with Gasteiger partial charge >= 0.3 is 6.03 Å². The van der Waals surface area contributed by atoms with E-state index in [2.05, 4.69) is 6.58 Å². The third-order valence-corrected chi connectivity index (χ3v) is 4.70. The number of pyridine rings is 1. The zero-order valence-electron chi connectivity index (χ0n) is 15.2. The lowest BCUT2D eigenvalue weighted by molar-refractivity contribution is 0.256. The van der Waals surface area contributed by atoms with Gasteiger partial charge in [-0.3, -0.25) is 0 Å². The molecule has 3 rings (SSSR count). The molecule has 2 aromatic carbocycles. The Labute approximate surface area is 163 Å². The molecule has 4 nitrogen and oxygen atoms in total. The van der Waals surface area contributed by atoms with E-state index in [1.807, 2.05) is 56.3 Å². The fourth-order valence-corrected chi connectivity index (χ4v) is 3.35. The summed E-state index contributed by atoms with van der Waals surface area (Å²) in [6.07, 6.45) is 1.74. The maximum atomic E-state index is 12.3. The highest BCUT2D eigenvalue weighted by Crippen LogP contribution is 2.36. The van der Waals surface area contributed by atoms with Crippen LogP contribution in [-0.4, -0.2) is 11.0 Å². The van der Waals surface area contributed by atoms with Gasteiger partial charge in [0.05, 0.1) is 16.4 Å². The fourth-order valence-electron chi connectivity index (χ4n) is 3.05. The van der Waals surface area contributed by atoms with Gasteiger partial charge in [-0.15, -0.1) is 0 Å². The maximum Gasteiger partial charge on any atom is 0.325 e. The average molecular weight is 378 g/mol. The number of hydrogen-bond donors (Lipinski definition) is 1. The van der Waals surface area contributed by atoms with Gasteiger partial charge in [-0.05, 0) is 43.2 Å². The topological polar surface area (TPSA) is 59.2 Å². The monoisotopic (exact) mass is 377 g/mol. The van der Waals surface area contributed by atoms with Crippen molar-refractivity contribution in [3.63, 3.8) is 0 Å². The maximum absolute atomic E-state index is 12.3. The van der Waals surface area contributed by atoms with Gasteiger partial charge < -0.3 is 5.73 Å². The predicted octanol–water partition coefficient (Wildman–Crippen LogP) is 5.88. The molecule has 0 atom stereocenters. The van der Waals surface area contributed by atoms with E-state index in [0.717, 1.165) is 27.9 Å². The zero-order chi connectivity index (χ0) is 19.6. The van der Waals surface area contributed by atoms with Crippen molar-refractivity contribution in [3.05, 3.63) is 82.9 Å². The Morgan fingerprint density at radius 1 is 1.07 bits per heavy atom. The first kappa shape index (κ1) is 18.7. The molecule has 5 heteroatoms. The highest BCUT2D eigenvalue weighted by molar-refractivity contribution is 6.34. The van der Waals surface area contributed by atoms with Crippen molar-refractivity contribution in [1.29, 1.82) is 0 Å². The predicted molar refractivity (Wildman–Crippen MR) is 112 cm³/mol. The highest BCUT2D eigenvalue weighted by Gasteiger charge is 2.22. The van der Waals surface area contributed by atoms with Gasteiger partial charge in [0.15, 0.2) is 0 Å². The normalized spacial score (nSPS) is 10.5. The Bertz CT molecular complexity index is 1010. The summed E-state index contributed by atoms with van der Waals surface area (Å²) in [4.78, 5) is 18.4. The number of nitrogens with two attached hydrogens (primary N) is 1. The molecule has 0 radical (unpaired) electrons. The number of urea groups is 1. The molecule has 3 aromatic rings. The summed E-state index contributed by atoms with van der Waals surface area (Å²) in [5.74, 6) is 0.405. The SMILES string of the molecule is C=Cc1ccc(N(C(N)=O)c2c(C)cccc2Cl)nc1-c1ccccc1C. The summed E-state index contributed by atoms with van der Waals surface area (Å²) in [5, 5.41) is 0.431. The van der Waals surface area contributed by atoms with E-state index in [1.54, 1.807) is 18.2 Å². The number of benzene rings is 2. The number of amides is 2. The first-order valence-electron chi connectivity index (χ1n) is 8.48. The second-order valence-corrected chi connectivity index (χ2v) is 6.61. The number of aromatic nitrogens is 1. The highest BCUT2D eigenvalue weighted by atomic mass is 35.5. The Kier molecular flexibility index (Phi) is 5.28. The molecular formula is C22H20ClN3O. The smallest absolute Gasteiger partial charge is 0.325 e. The molecule has 0 saturated heterocycles. The molecule has 0 aliphatic rings. The van der Waals surface area contributed by atoms with E-state index in [0.29, 0.717) is 16.5 Å². The van der Waals surface area contributed by atoms with Crippen LogP contribution in [0.5, 0.6) is 0 Å². The number of rotatable bonds is 4. The standard InChI is InChI=1S/C22H20ClN3O/c1-4-16-12-13-19(25-20(16)17-10-6-5-8-14(17)2)26(22(24)27)21-15(3)9-7-11-18(21)23/h4-13H,1H2,2-3H3,(H2,24,27). The van der Waals surface area contributed by atoms with Gasteiger partial charge in [0.2, 0.25) is 0 Å². The number of para-hydroxylation sites is 1. The molecular weight excluding hydrogens is 358 g/mol. The molecule has 0 spiro atoms. The number of hydrogen-bond acceptors (Lipinski definition) is 2. The van der Waals surface area contributed by atoms with Gasteiger partial charge in [-0.2, -0.15) is 0 Å². The molecule has 0 unspecified atom stereocenters. The zero-order valence-corrected chi connectivity index (χ0v) is 16.0. The molecule has 2 amide bonds. The van der Waals surface area contributed by atoms with Crippen LogP contribution in [0, 0.1) is 13.8 Å². The molecule has 136 valence electrons. The molecule has 27 heavy (non-hydrogen) atoms. The number of nitrogens with zero attached hydrogens (tertiary/aromatic N) is 2. The molecule has 0 bridgehead atoms. The lowest BCUT2D eigenvalue weighted by atomic mass is 10.0. The minimum Gasteiger partial charge on any atom is -0.351 e. The molecule has 1 aromatic heterocycles. The van der Waals surface area contributed by atoms with Crippen LogP contribution >= 0.6 is 11.6 Å². The lowest BCUT2D eigenvalue weighted by Gasteiger charge is -2.24. The van der Waals surface area contributed by atoms with Crippen LogP contribution in [0.25, 0.3) is 17.3 Å². The minimum atomic E-state index is -0.652. The molecule has 1 heterocycles.